The Morgan fingerprint density at radius 3 is 2.05 bits per heavy atom. The van der Waals surface area contributed by atoms with E-state index < -0.39 is 0 Å². The first-order chi connectivity index (χ1) is 19.7. The Kier molecular flexibility index (Phi) is 19.1. The van der Waals surface area contributed by atoms with Gasteiger partial charge in [0.25, 0.3) is 0 Å². The third kappa shape index (κ3) is 15.0. The highest BCUT2D eigenvalue weighted by molar-refractivity contribution is 5.91. The van der Waals surface area contributed by atoms with Gasteiger partial charge in [-0.05, 0) is 26.3 Å². The molecule has 0 saturated heterocycles. The first-order valence-electron chi connectivity index (χ1n) is 16.2. The second kappa shape index (κ2) is 22.5. The Hall–Kier alpha value is -2.18. The number of unbranched alkanes of at least 4 members (excludes halogenated alkanes) is 13. The number of carbonyl (C=O) groups is 1. The third-order valence-corrected chi connectivity index (χ3v) is 7.45. The van der Waals surface area contributed by atoms with Gasteiger partial charge in [0.2, 0.25) is 6.33 Å². The molecular formula is C34H57N2O4+. The van der Waals surface area contributed by atoms with Gasteiger partial charge in [0.1, 0.15) is 31.6 Å². The normalized spacial score (nSPS) is 12.1. The van der Waals surface area contributed by atoms with Gasteiger partial charge >= 0.3 is 5.97 Å². The summed E-state index contributed by atoms with van der Waals surface area (Å²) >= 11 is 0. The smallest absolute Gasteiger partial charge is 0.338 e. The number of esters is 1. The highest BCUT2D eigenvalue weighted by atomic mass is 16.6. The number of rotatable bonds is 25. The summed E-state index contributed by atoms with van der Waals surface area (Å²) in [6, 6.07) is 7.64. The molecule has 0 amide bonds. The Morgan fingerprint density at radius 1 is 0.825 bits per heavy atom. The summed E-state index contributed by atoms with van der Waals surface area (Å²) in [4.78, 5) is 12.9. The third-order valence-electron chi connectivity index (χ3n) is 7.45. The molecule has 1 aromatic carbocycles. The van der Waals surface area contributed by atoms with Crippen LogP contribution >= 0.6 is 0 Å². The summed E-state index contributed by atoms with van der Waals surface area (Å²) in [5.74, 6) is -0.317. The van der Waals surface area contributed by atoms with E-state index >= 15 is 0 Å². The van der Waals surface area contributed by atoms with E-state index in [9.17, 15) is 4.79 Å². The fraction of sp³-hybridized carbons (Fsp3) is 0.706. The number of nitrogens with zero attached hydrogens (tertiary/aromatic N) is 2. The molecule has 6 nitrogen and oxygen atoms in total. The summed E-state index contributed by atoms with van der Waals surface area (Å²) in [7, 11) is 0. The largest absolute Gasteiger partial charge is 0.459 e. The minimum atomic E-state index is -0.317. The van der Waals surface area contributed by atoms with E-state index in [0.29, 0.717) is 25.3 Å². The highest BCUT2D eigenvalue weighted by Gasteiger charge is 2.18. The molecule has 40 heavy (non-hydrogen) atoms. The molecule has 226 valence electrons. The molecule has 0 aliphatic heterocycles. The Labute approximate surface area is 244 Å². The molecule has 0 N–H and O–H groups in total. The maximum atomic E-state index is 12.9. The molecule has 2 rings (SSSR count). The lowest BCUT2D eigenvalue weighted by molar-refractivity contribution is -0.693. The first kappa shape index (κ1) is 34.0. The highest BCUT2D eigenvalue weighted by Crippen LogP contribution is 2.14. The van der Waals surface area contributed by atoms with E-state index in [1.807, 2.05) is 49.9 Å². The second-order valence-corrected chi connectivity index (χ2v) is 10.9. The predicted molar refractivity (Wildman–Crippen MR) is 163 cm³/mol. The molecule has 0 aliphatic rings. The van der Waals surface area contributed by atoms with Crippen molar-refractivity contribution in [1.82, 2.24) is 4.57 Å². The van der Waals surface area contributed by atoms with Gasteiger partial charge in [-0.1, -0.05) is 109 Å². The molecule has 1 heterocycles. The quantitative estimate of drug-likeness (QED) is 0.0707. The lowest BCUT2D eigenvalue weighted by Gasteiger charge is -2.18. The Balaban J connectivity index is 1.55. The zero-order valence-corrected chi connectivity index (χ0v) is 25.8. The van der Waals surface area contributed by atoms with Crippen LogP contribution in [0.4, 0.5) is 0 Å². The Morgan fingerprint density at radius 2 is 1.45 bits per heavy atom. The van der Waals surface area contributed by atoms with Gasteiger partial charge < -0.3 is 14.2 Å². The number of ether oxygens (including phenoxy) is 3. The van der Waals surface area contributed by atoms with Crippen molar-refractivity contribution in [2.24, 2.45) is 0 Å². The van der Waals surface area contributed by atoms with Gasteiger partial charge in [-0.3, -0.25) is 0 Å². The number of aryl methyl sites for hydroxylation is 1. The monoisotopic (exact) mass is 557 g/mol. The fourth-order valence-electron chi connectivity index (χ4n) is 5.01. The van der Waals surface area contributed by atoms with Crippen LogP contribution in [0.1, 0.15) is 127 Å². The maximum Gasteiger partial charge on any atom is 0.338 e. The number of hydrogen-bond donors (Lipinski definition) is 0. The van der Waals surface area contributed by atoms with Crippen molar-refractivity contribution in [3.05, 3.63) is 54.1 Å². The number of imidazole rings is 1. The van der Waals surface area contributed by atoms with Crippen molar-refractivity contribution in [3.63, 3.8) is 0 Å². The van der Waals surface area contributed by atoms with Gasteiger partial charge in [0.05, 0.1) is 18.7 Å². The van der Waals surface area contributed by atoms with Crippen LogP contribution in [-0.4, -0.2) is 43.1 Å². The van der Waals surface area contributed by atoms with Gasteiger partial charge in [0.15, 0.2) is 0 Å². The summed E-state index contributed by atoms with van der Waals surface area (Å²) < 4.78 is 21.5. The van der Waals surface area contributed by atoms with Gasteiger partial charge in [0, 0.05) is 18.8 Å². The lowest BCUT2D eigenvalue weighted by atomic mass is 10.0. The number of benzene rings is 1. The molecule has 2 aromatic rings. The first-order valence-corrected chi connectivity index (χ1v) is 16.2. The predicted octanol–water partition coefficient (Wildman–Crippen LogP) is 7.90. The van der Waals surface area contributed by atoms with Crippen LogP contribution in [0.5, 0.6) is 0 Å². The van der Waals surface area contributed by atoms with E-state index in [4.69, 9.17) is 14.2 Å². The molecule has 0 bridgehead atoms. The fourth-order valence-corrected chi connectivity index (χ4v) is 5.01. The molecular weight excluding hydrogens is 500 g/mol. The van der Waals surface area contributed by atoms with Crippen LogP contribution in [0.3, 0.4) is 0 Å². The van der Waals surface area contributed by atoms with E-state index in [-0.39, 0.29) is 18.7 Å². The van der Waals surface area contributed by atoms with Gasteiger partial charge in [-0.2, -0.15) is 0 Å². The molecule has 1 unspecified atom stereocenters. The second-order valence-electron chi connectivity index (χ2n) is 10.9. The van der Waals surface area contributed by atoms with Crippen LogP contribution in [0.25, 0.3) is 0 Å². The average Bonchev–Trinajstić information content (AvgIpc) is 3.43. The molecule has 0 aliphatic carbocycles. The van der Waals surface area contributed by atoms with E-state index in [1.165, 1.54) is 83.5 Å². The van der Waals surface area contributed by atoms with E-state index in [1.54, 1.807) is 0 Å². The van der Waals surface area contributed by atoms with Gasteiger partial charge in [-0.25, -0.2) is 13.9 Å². The topological polar surface area (TPSA) is 53.6 Å². The van der Waals surface area contributed by atoms with Crippen LogP contribution in [0, 0.1) is 0 Å². The zero-order chi connectivity index (χ0) is 28.7. The standard InChI is InChI=1S/C34H57N2O4/c1-4-7-8-9-10-11-12-13-14-15-16-17-18-21-26-38-28-32(39-6-3)29-40-34(37)33-23-20-19-22-31(33)27-36-25-24-35(5-2)30-36/h19-20,22-25,30,32H,4-18,21,26-29H2,1-3H3/q+1. The van der Waals surface area contributed by atoms with E-state index in [0.717, 1.165) is 25.1 Å². The molecule has 0 fully saturated rings. The van der Waals surface area contributed by atoms with E-state index in [2.05, 4.69) is 23.0 Å². The van der Waals surface area contributed by atoms with Crippen LogP contribution < -0.4 is 4.57 Å². The van der Waals surface area contributed by atoms with Crippen molar-refractivity contribution in [3.8, 4) is 0 Å². The van der Waals surface area contributed by atoms with Crippen LogP contribution in [-0.2, 0) is 27.3 Å². The molecule has 0 saturated carbocycles. The number of carbonyl (C=O) groups excluding carboxylic acids is 1. The summed E-state index contributed by atoms with van der Waals surface area (Å²) in [6.45, 7) is 9.80. The molecule has 6 heteroatoms. The van der Waals surface area contributed by atoms with Crippen molar-refractivity contribution < 1.29 is 23.6 Å². The average molecular weight is 558 g/mol. The lowest BCUT2D eigenvalue weighted by Crippen LogP contribution is -2.29. The minimum Gasteiger partial charge on any atom is -0.459 e. The van der Waals surface area contributed by atoms with Gasteiger partial charge in [-0.15, -0.1) is 0 Å². The molecule has 1 aromatic heterocycles. The van der Waals surface area contributed by atoms with Crippen molar-refractivity contribution >= 4 is 5.97 Å². The van der Waals surface area contributed by atoms with Crippen LogP contribution in [0.15, 0.2) is 43.0 Å². The SMILES string of the molecule is CCCCCCCCCCCCCCCCOCC(COC(=O)c1ccccc1Cn1cc[n+](CC)c1)OCC. The van der Waals surface area contributed by atoms with Crippen molar-refractivity contribution in [1.29, 1.82) is 0 Å². The summed E-state index contributed by atoms with van der Waals surface area (Å²) in [5, 5.41) is 0. The number of hydrogen-bond acceptors (Lipinski definition) is 4. The molecule has 0 spiro atoms. The minimum absolute atomic E-state index is 0.194. The summed E-state index contributed by atoms with van der Waals surface area (Å²) in [5.41, 5.74) is 1.53. The molecule has 1 atom stereocenters. The summed E-state index contributed by atoms with van der Waals surface area (Å²) in [6.07, 6.45) is 24.7. The number of aromatic nitrogens is 2. The van der Waals surface area contributed by atoms with Crippen LogP contribution in [0.2, 0.25) is 0 Å². The molecule has 0 radical (unpaired) electrons. The zero-order valence-electron chi connectivity index (χ0n) is 25.8. The van der Waals surface area contributed by atoms with Crippen molar-refractivity contribution in [2.75, 3.05) is 26.4 Å². The van der Waals surface area contributed by atoms with Crippen molar-refractivity contribution in [2.45, 2.75) is 130 Å². The Bertz CT molecular complexity index is 898. The maximum absolute atomic E-state index is 12.9.